The van der Waals surface area contributed by atoms with E-state index in [0.29, 0.717) is 13.0 Å². The highest BCUT2D eigenvalue weighted by molar-refractivity contribution is 5.87. The molecule has 0 radical (unpaired) electrons. The van der Waals surface area contributed by atoms with Crippen molar-refractivity contribution in [1.29, 1.82) is 0 Å². The van der Waals surface area contributed by atoms with Crippen molar-refractivity contribution in [2.45, 2.75) is 63.4 Å². The molecular weight excluding hydrogens is 665 g/mol. The van der Waals surface area contributed by atoms with Crippen LogP contribution >= 0.6 is 0 Å². The highest BCUT2D eigenvalue weighted by Crippen LogP contribution is 2.47. The second kappa shape index (κ2) is 18.5. The highest BCUT2D eigenvalue weighted by Gasteiger charge is 2.42. The first-order chi connectivity index (χ1) is 25.9. The fourth-order valence-corrected chi connectivity index (χ4v) is 6.75. The number of hydrogen-bond donors (Lipinski definition) is 3. The molecule has 1 aliphatic rings. The molecule has 1 fully saturated rings. The molecule has 6 rings (SSSR count). The first kappa shape index (κ1) is 37.6. The van der Waals surface area contributed by atoms with E-state index in [1.165, 1.54) is 6.92 Å². The van der Waals surface area contributed by atoms with Gasteiger partial charge < -0.3 is 30.1 Å². The van der Waals surface area contributed by atoms with Gasteiger partial charge in [-0.3, -0.25) is 9.78 Å². The first-order valence-corrected chi connectivity index (χ1v) is 18.2. The van der Waals surface area contributed by atoms with E-state index in [0.717, 1.165) is 52.0 Å². The molecule has 4 aromatic carbocycles. The molecule has 5 atom stereocenters. The summed E-state index contributed by atoms with van der Waals surface area (Å²) in [5.74, 6) is -0.205. The summed E-state index contributed by atoms with van der Waals surface area (Å²) in [6, 6.07) is 40.8. The van der Waals surface area contributed by atoms with Crippen LogP contribution in [0.15, 0.2) is 134 Å². The molecule has 1 aliphatic heterocycles. The molecule has 0 aliphatic carbocycles. The summed E-state index contributed by atoms with van der Waals surface area (Å²) in [6.45, 7) is 3.23. The SMILES string of the molecule is CC(=O)C(Cc1ccccc1)NC(=O)NCc1ccc(C2OC(CN(C)CCc3ccccn3)C(c3ccccc3)C(c3ccc(CO)cc3)O2)cc1. The van der Waals surface area contributed by atoms with Gasteiger partial charge in [-0.2, -0.15) is 0 Å². The number of carbonyl (C=O) groups excluding carboxylic acids is 2. The maximum atomic E-state index is 12.8. The molecule has 1 aromatic heterocycles. The van der Waals surface area contributed by atoms with Crippen molar-refractivity contribution < 1.29 is 24.2 Å². The van der Waals surface area contributed by atoms with Gasteiger partial charge in [0.25, 0.3) is 0 Å². The molecule has 9 heteroatoms. The largest absolute Gasteiger partial charge is 0.392 e. The first-order valence-electron chi connectivity index (χ1n) is 18.2. The van der Waals surface area contributed by atoms with Gasteiger partial charge in [0.2, 0.25) is 0 Å². The Hall–Kier alpha value is -5.19. The number of amides is 2. The Morgan fingerprint density at radius 1 is 0.774 bits per heavy atom. The number of pyridine rings is 1. The summed E-state index contributed by atoms with van der Waals surface area (Å²) in [6.07, 6.45) is 1.88. The summed E-state index contributed by atoms with van der Waals surface area (Å²) in [7, 11) is 2.11. The number of aromatic nitrogens is 1. The van der Waals surface area contributed by atoms with Crippen LogP contribution in [0.1, 0.15) is 64.3 Å². The second-order valence-electron chi connectivity index (χ2n) is 13.7. The number of likely N-dealkylation sites (N-methyl/N-ethyl adjacent to an activating group) is 1. The molecule has 5 unspecified atom stereocenters. The van der Waals surface area contributed by atoms with Gasteiger partial charge in [-0.25, -0.2) is 4.79 Å². The van der Waals surface area contributed by atoms with Crippen LogP contribution in [0.4, 0.5) is 4.79 Å². The second-order valence-corrected chi connectivity index (χ2v) is 13.7. The average molecular weight is 713 g/mol. The van der Waals surface area contributed by atoms with Crippen molar-refractivity contribution in [3.05, 3.63) is 173 Å². The Kier molecular flexibility index (Phi) is 13.1. The fraction of sp³-hybridized carbons (Fsp3) is 0.295. The van der Waals surface area contributed by atoms with Gasteiger partial charge in [-0.05, 0) is 60.3 Å². The maximum Gasteiger partial charge on any atom is 0.315 e. The average Bonchev–Trinajstić information content (AvgIpc) is 3.20. The molecule has 2 heterocycles. The maximum absolute atomic E-state index is 12.8. The number of carbonyl (C=O) groups is 2. The zero-order chi connectivity index (χ0) is 37.0. The summed E-state index contributed by atoms with van der Waals surface area (Å²) >= 11 is 0. The number of ketones is 1. The molecule has 1 saturated heterocycles. The fourth-order valence-electron chi connectivity index (χ4n) is 6.75. The van der Waals surface area contributed by atoms with E-state index in [2.05, 4.69) is 39.7 Å². The molecule has 53 heavy (non-hydrogen) atoms. The minimum atomic E-state index is -0.647. The van der Waals surface area contributed by atoms with Crippen LogP contribution in [0.3, 0.4) is 0 Å². The Morgan fingerprint density at radius 2 is 1.43 bits per heavy atom. The third kappa shape index (κ3) is 10.5. The van der Waals surface area contributed by atoms with Crippen molar-refractivity contribution in [1.82, 2.24) is 20.5 Å². The molecule has 0 saturated carbocycles. The number of nitrogens with zero attached hydrogens (tertiary/aromatic N) is 2. The van der Waals surface area contributed by atoms with Crippen LogP contribution in [0.5, 0.6) is 0 Å². The Bertz CT molecular complexity index is 1880. The molecule has 2 amide bonds. The number of hydrogen-bond acceptors (Lipinski definition) is 7. The normalized spacial score (nSPS) is 19.0. The molecule has 5 aromatic rings. The number of aliphatic hydroxyl groups is 1. The van der Waals surface area contributed by atoms with Crippen LogP contribution in [0, 0.1) is 0 Å². The number of ether oxygens (including phenoxy) is 2. The summed E-state index contributed by atoms with van der Waals surface area (Å²) in [5.41, 5.74) is 6.76. The van der Waals surface area contributed by atoms with Crippen molar-refractivity contribution in [2.24, 2.45) is 0 Å². The molecule has 3 N–H and O–H groups in total. The number of nitrogens with one attached hydrogen (secondary N) is 2. The van der Waals surface area contributed by atoms with Gasteiger partial charge in [0.05, 0.1) is 24.9 Å². The zero-order valence-electron chi connectivity index (χ0n) is 30.3. The van der Waals surface area contributed by atoms with Crippen LogP contribution in [0.2, 0.25) is 0 Å². The summed E-state index contributed by atoms with van der Waals surface area (Å²) in [4.78, 5) is 31.9. The Balaban J connectivity index is 1.18. The minimum Gasteiger partial charge on any atom is -0.392 e. The van der Waals surface area contributed by atoms with Crippen LogP contribution < -0.4 is 10.6 Å². The highest BCUT2D eigenvalue weighted by atomic mass is 16.7. The van der Waals surface area contributed by atoms with Gasteiger partial charge in [0.15, 0.2) is 12.1 Å². The van der Waals surface area contributed by atoms with E-state index < -0.39 is 18.4 Å². The van der Waals surface area contributed by atoms with Crippen molar-refractivity contribution in [2.75, 3.05) is 20.1 Å². The lowest BCUT2D eigenvalue weighted by Gasteiger charge is -2.44. The topological polar surface area (TPSA) is 113 Å². The molecule has 9 nitrogen and oxygen atoms in total. The van der Waals surface area contributed by atoms with Crippen LogP contribution in [-0.4, -0.2) is 59.1 Å². The minimum absolute atomic E-state index is 0.0305. The Morgan fingerprint density at radius 3 is 2.09 bits per heavy atom. The summed E-state index contributed by atoms with van der Waals surface area (Å²) < 4.78 is 13.7. The van der Waals surface area contributed by atoms with Crippen LogP contribution in [-0.2, 0) is 40.3 Å². The van der Waals surface area contributed by atoms with Gasteiger partial charge >= 0.3 is 6.03 Å². The van der Waals surface area contributed by atoms with Gasteiger partial charge in [0.1, 0.15) is 0 Å². The van der Waals surface area contributed by atoms with E-state index in [1.54, 1.807) is 0 Å². The third-order valence-corrected chi connectivity index (χ3v) is 9.72. The van der Waals surface area contributed by atoms with Gasteiger partial charge in [-0.1, -0.05) is 115 Å². The number of aliphatic hydroxyl groups excluding tert-OH is 1. The lowest BCUT2D eigenvalue weighted by molar-refractivity contribution is -0.263. The lowest BCUT2D eigenvalue weighted by Crippen LogP contribution is -2.46. The number of rotatable bonds is 15. The van der Waals surface area contributed by atoms with Gasteiger partial charge in [0, 0.05) is 49.4 Å². The number of urea groups is 1. The molecule has 0 spiro atoms. The third-order valence-electron chi connectivity index (χ3n) is 9.72. The predicted molar refractivity (Wildman–Crippen MR) is 205 cm³/mol. The Labute approximate surface area is 312 Å². The smallest absolute Gasteiger partial charge is 0.315 e. The lowest BCUT2D eigenvalue weighted by atomic mass is 9.83. The molecule has 0 bridgehead atoms. The number of Topliss-reactive ketones (excluding diaryl/α,β-unsaturated/α-hetero) is 1. The quantitative estimate of drug-likeness (QED) is 0.111. The van der Waals surface area contributed by atoms with E-state index >= 15 is 0 Å². The zero-order valence-corrected chi connectivity index (χ0v) is 30.3. The van der Waals surface area contributed by atoms with E-state index in [4.69, 9.17) is 9.47 Å². The van der Waals surface area contributed by atoms with Crippen molar-refractivity contribution in [3.8, 4) is 0 Å². The predicted octanol–water partition coefficient (Wildman–Crippen LogP) is 6.69. The summed E-state index contributed by atoms with van der Waals surface area (Å²) in [5, 5.41) is 15.4. The van der Waals surface area contributed by atoms with Gasteiger partial charge in [-0.15, -0.1) is 0 Å². The van der Waals surface area contributed by atoms with E-state index in [1.807, 2.05) is 121 Å². The van der Waals surface area contributed by atoms with E-state index in [-0.39, 0.29) is 37.1 Å². The molecule has 274 valence electrons. The van der Waals surface area contributed by atoms with Crippen LogP contribution in [0.25, 0.3) is 0 Å². The monoisotopic (exact) mass is 712 g/mol. The van der Waals surface area contributed by atoms with E-state index in [9.17, 15) is 14.7 Å². The standard InChI is InChI=1S/C44H48N4O5/c1-31(50)39(27-32-11-5-3-6-12-32)47-44(51)46-28-33-16-22-37(23-17-33)43-52-40(29-48(2)26-24-38-15-9-10-25-45-38)41(35-13-7-4-8-14-35)42(53-43)36-20-18-34(30-49)19-21-36/h3-23,25,39-43,49H,24,26-30H2,1-2H3,(H2,46,47,51). The van der Waals surface area contributed by atoms with Crippen molar-refractivity contribution in [3.63, 3.8) is 0 Å². The van der Waals surface area contributed by atoms with Crippen molar-refractivity contribution >= 4 is 11.8 Å². The number of benzene rings is 4. The molecular formula is C44H48N4O5.